The van der Waals surface area contributed by atoms with Crippen LogP contribution in [0.5, 0.6) is 5.75 Å². The fourth-order valence-corrected chi connectivity index (χ4v) is 2.41. The number of carbonyl (C=O) groups is 1. The minimum atomic E-state index is -0.770. The molecule has 0 spiro atoms. The number of halogens is 2. The first kappa shape index (κ1) is 19.5. The molecule has 2 aromatic carbocycles. The fraction of sp³-hybridized carbons (Fsp3) is 0.125. The SMILES string of the molecule is C[C@H](Nc1cccc(Cl)c1)C(=O)NN=Cc1cc(Cl)cc([N+](=O)[O-])c1O. The second kappa shape index (κ2) is 8.50. The van der Waals surface area contributed by atoms with Gasteiger partial charge >= 0.3 is 5.69 Å². The van der Waals surface area contributed by atoms with E-state index in [9.17, 15) is 20.0 Å². The summed E-state index contributed by atoms with van der Waals surface area (Å²) in [5.74, 6) is -1.06. The highest BCUT2D eigenvalue weighted by atomic mass is 35.5. The van der Waals surface area contributed by atoms with Crippen LogP contribution < -0.4 is 10.7 Å². The molecule has 0 unspecified atom stereocenters. The Labute approximate surface area is 158 Å². The zero-order valence-electron chi connectivity index (χ0n) is 13.4. The molecule has 136 valence electrons. The zero-order valence-corrected chi connectivity index (χ0v) is 15.0. The maximum Gasteiger partial charge on any atom is 0.312 e. The average molecular weight is 397 g/mol. The van der Waals surface area contributed by atoms with Crippen LogP contribution in [0.25, 0.3) is 0 Å². The summed E-state index contributed by atoms with van der Waals surface area (Å²) in [6.45, 7) is 1.62. The van der Waals surface area contributed by atoms with Crippen molar-refractivity contribution in [2.24, 2.45) is 5.10 Å². The van der Waals surface area contributed by atoms with E-state index >= 15 is 0 Å². The van der Waals surface area contributed by atoms with E-state index in [2.05, 4.69) is 15.8 Å². The Morgan fingerprint density at radius 2 is 2.04 bits per heavy atom. The van der Waals surface area contributed by atoms with Crippen LogP contribution in [0.15, 0.2) is 41.5 Å². The van der Waals surface area contributed by atoms with Crippen LogP contribution in [0.2, 0.25) is 10.0 Å². The topological polar surface area (TPSA) is 117 Å². The van der Waals surface area contributed by atoms with E-state index in [0.29, 0.717) is 10.7 Å². The summed E-state index contributed by atoms with van der Waals surface area (Å²) in [7, 11) is 0. The monoisotopic (exact) mass is 396 g/mol. The molecule has 0 aromatic heterocycles. The van der Waals surface area contributed by atoms with Crippen LogP contribution in [0.3, 0.4) is 0 Å². The molecule has 8 nitrogen and oxygen atoms in total. The molecule has 0 fully saturated rings. The van der Waals surface area contributed by atoms with Crippen LogP contribution in [0.1, 0.15) is 12.5 Å². The molecule has 10 heteroatoms. The van der Waals surface area contributed by atoms with Gasteiger partial charge in [0.25, 0.3) is 5.91 Å². The maximum atomic E-state index is 12.0. The Kier molecular flexibility index (Phi) is 6.37. The number of phenols is 1. The lowest BCUT2D eigenvalue weighted by Crippen LogP contribution is -2.34. The number of nitro benzene ring substituents is 1. The molecule has 0 aliphatic rings. The second-order valence-electron chi connectivity index (χ2n) is 5.23. The summed E-state index contributed by atoms with van der Waals surface area (Å²) in [5.41, 5.74) is 2.38. The minimum Gasteiger partial charge on any atom is -0.502 e. The first-order chi connectivity index (χ1) is 12.3. The number of carbonyl (C=O) groups excluding carboxylic acids is 1. The Morgan fingerprint density at radius 1 is 1.31 bits per heavy atom. The number of nitrogens with one attached hydrogen (secondary N) is 2. The lowest BCUT2D eigenvalue weighted by atomic mass is 10.2. The van der Waals surface area contributed by atoms with Gasteiger partial charge in [0.1, 0.15) is 6.04 Å². The molecule has 0 bridgehead atoms. The summed E-state index contributed by atoms with van der Waals surface area (Å²) in [4.78, 5) is 22.1. The summed E-state index contributed by atoms with van der Waals surface area (Å²) in [6.07, 6.45) is 1.07. The molecule has 0 radical (unpaired) electrons. The van der Waals surface area contributed by atoms with Gasteiger partial charge in [-0.25, -0.2) is 5.43 Å². The molecule has 26 heavy (non-hydrogen) atoms. The van der Waals surface area contributed by atoms with Gasteiger partial charge in [-0.2, -0.15) is 5.10 Å². The van der Waals surface area contributed by atoms with Crippen LogP contribution in [-0.2, 0) is 4.79 Å². The van der Waals surface area contributed by atoms with E-state index in [0.717, 1.165) is 12.3 Å². The quantitative estimate of drug-likeness (QED) is 0.392. The smallest absolute Gasteiger partial charge is 0.312 e. The molecule has 2 aromatic rings. The molecule has 0 saturated heterocycles. The van der Waals surface area contributed by atoms with Gasteiger partial charge in [-0.3, -0.25) is 14.9 Å². The highest BCUT2D eigenvalue weighted by Gasteiger charge is 2.18. The first-order valence-corrected chi connectivity index (χ1v) is 8.05. The van der Waals surface area contributed by atoms with Crippen molar-refractivity contribution in [2.45, 2.75) is 13.0 Å². The summed E-state index contributed by atoms with van der Waals surface area (Å²) in [6, 6.07) is 8.53. The van der Waals surface area contributed by atoms with Crippen LogP contribution in [-0.4, -0.2) is 28.2 Å². The van der Waals surface area contributed by atoms with Crippen molar-refractivity contribution in [1.29, 1.82) is 0 Å². The molecule has 3 N–H and O–H groups in total. The third-order valence-corrected chi connectivity index (χ3v) is 3.71. The van der Waals surface area contributed by atoms with E-state index in [-0.39, 0.29) is 10.6 Å². The molecular formula is C16H14Cl2N4O4. The van der Waals surface area contributed by atoms with Gasteiger partial charge in [0.2, 0.25) is 5.75 Å². The lowest BCUT2D eigenvalue weighted by Gasteiger charge is -2.13. The predicted octanol–water partition coefficient (Wildman–Crippen LogP) is 3.56. The number of hydrogen-bond acceptors (Lipinski definition) is 6. The highest BCUT2D eigenvalue weighted by molar-refractivity contribution is 6.31. The molecule has 0 saturated carbocycles. The molecule has 0 aliphatic carbocycles. The Balaban J connectivity index is 2.03. The number of amides is 1. The molecule has 0 aliphatic heterocycles. The van der Waals surface area contributed by atoms with E-state index in [4.69, 9.17) is 23.2 Å². The van der Waals surface area contributed by atoms with Crippen LogP contribution in [0.4, 0.5) is 11.4 Å². The van der Waals surface area contributed by atoms with Crippen molar-refractivity contribution in [1.82, 2.24) is 5.43 Å². The van der Waals surface area contributed by atoms with Crippen molar-refractivity contribution in [3.05, 3.63) is 62.1 Å². The summed E-state index contributed by atoms with van der Waals surface area (Å²) < 4.78 is 0. The van der Waals surface area contributed by atoms with Crippen molar-refractivity contribution < 1.29 is 14.8 Å². The number of rotatable bonds is 6. The number of hydrogen-bond donors (Lipinski definition) is 3. The van der Waals surface area contributed by atoms with Gasteiger partial charge in [-0.1, -0.05) is 29.3 Å². The summed E-state index contributed by atoms with van der Waals surface area (Å²) in [5, 5.41) is 27.9. The van der Waals surface area contributed by atoms with E-state index < -0.39 is 28.3 Å². The van der Waals surface area contributed by atoms with Gasteiger partial charge < -0.3 is 10.4 Å². The van der Waals surface area contributed by atoms with E-state index in [1.54, 1.807) is 31.2 Å². The number of nitro groups is 1. The third kappa shape index (κ3) is 5.08. The van der Waals surface area contributed by atoms with Gasteiger partial charge in [0.05, 0.1) is 11.1 Å². The third-order valence-electron chi connectivity index (χ3n) is 3.26. The van der Waals surface area contributed by atoms with Crippen molar-refractivity contribution >= 4 is 46.7 Å². The molecule has 1 atom stereocenters. The normalized spacial score (nSPS) is 12.0. The molecule has 0 heterocycles. The van der Waals surface area contributed by atoms with Crippen molar-refractivity contribution in [3.63, 3.8) is 0 Å². The van der Waals surface area contributed by atoms with Gasteiger partial charge in [-0.15, -0.1) is 0 Å². The lowest BCUT2D eigenvalue weighted by molar-refractivity contribution is -0.385. The van der Waals surface area contributed by atoms with Crippen molar-refractivity contribution in [2.75, 3.05) is 5.32 Å². The number of benzene rings is 2. The maximum absolute atomic E-state index is 12.0. The number of aromatic hydroxyl groups is 1. The highest BCUT2D eigenvalue weighted by Crippen LogP contribution is 2.32. The predicted molar refractivity (Wildman–Crippen MR) is 100 cm³/mol. The van der Waals surface area contributed by atoms with Crippen molar-refractivity contribution in [3.8, 4) is 5.75 Å². The number of anilines is 1. The van der Waals surface area contributed by atoms with E-state index in [1.807, 2.05) is 0 Å². The summed E-state index contributed by atoms with van der Waals surface area (Å²) >= 11 is 11.7. The van der Waals surface area contributed by atoms with Gasteiger partial charge in [0.15, 0.2) is 0 Å². The Bertz CT molecular complexity index is 873. The fourth-order valence-electron chi connectivity index (χ4n) is 2.00. The van der Waals surface area contributed by atoms with Crippen LogP contribution in [0, 0.1) is 10.1 Å². The Morgan fingerprint density at radius 3 is 2.69 bits per heavy atom. The molecule has 2 rings (SSSR count). The zero-order chi connectivity index (χ0) is 19.3. The molecule has 1 amide bonds. The van der Waals surface area contributed by atoms with Gasteiger partial charge in [-0.05, 0) is 31.2 Å². The second-order valence-corrected chi connectivity index (χ2v) is 6.10. The Hall–Kier alpha value is -2.84. The standard InChI is InChI=1S/C16H14Cl2N4O4/c1-9(20-13-4-2-3-11(17)6-13)16(24)21-19-8-10-5-12(18)7-14(15(10)23)22(25)26/h2-9,20,23H,1H3,(H,21,24)/t9-/m0/s1. The largest absolute Gasteiger partial charge is 0.502 e. The molecular weight excluding hydrogens is 383 g/mol. The number of hydrazone groups is 1. The van der Waals surface area contributed by atoms with Crippen LogP contribution >= 0.6 is 23.2 Å². The van der Waals surface area contributed by atoms with Gasteiger partial charge in [0, 0.05) is 27.4 Å². The van der Waals surface area contributed by atoms with E-state index in [1.165, 1.54) is 6.07 Å². The first-order valence-electron chi connectivity index (χ1n) is 7.30. The number of phenolic OH excluding ortho intramolecular Hbond substituents is 1. The minimum absolute atomic E-state index is 0.0000431. The number of nitrogens with zero attached hydrogens (tertiary/aromatic N) is 2. The average Bonchev–Trinajstić information content (AvgIpc) is 2.57.